The highest BCUT2D eigenvalue weighted by Crippen LogP contribution is 2.20. The lowest BCUT2D eigenvalue weighted by atomic mass is 10.0. The molecule has 0 aromatic carbocycles. The van der Waals surface area contributed by atoms with E-state index in [4.69, 9.17) is 16.3 Å². The van der Waals surface area contributed by atoms with Crippen LogP contribution >= 0.6 is 11.6 Å². The third-order valence-corrected chi connectivity index (χ3v) is 3.63. The Morgan fingerprint density at radius 3 is 2.86 bits per heavy atom. The van der Waals surface area contributed by atoms with E-state index in [9.17, 15) is 4.79 Å². The van der Waals surface area contributed by atoms with E-state index < -0.39 is 0 Å². The van der Waals surface area contributed by atoms with Gasteiger partial charge in [-0.1, -0.05) is 18.5 Å². The number of carbonyl (C=O) groups excluding carboxylic acids is 1. The standard InChI is InChI=1S/C14H19ClN4O2/c1-4-10(14(20)21-5-2)6-7-19-8-16-11-12(15)17-9(3)18-13(11)19/h8,10H,4-7H2,1-3H3. The van der Waals surface area contributed by atoms with E-state index in [0.29, 0.717) is 41.7 Å². The summed E-state index contributed by atoms with van der Waals surface area (Å²) >= 11 is 6.06. The Morgan fingerprint density at radius 2 is 2.19 bits per heavy atom. The topological polar surface area (TPSA) is 69.9 Å². The predicted octanol–water partition coefficient (Wildman–Crippen LogP) is 2.77. The third kappa shape index (κ3) is 3.50. The largest absolute Gasteiger partial charge is 0.466 e. The summed E-state index contributed by atoms with van der Waals surface area (Å²) in [5.41, 5.74) is 1.29. The molecule has 2 rings (SSSR count). The smallest absolute Gasteiger partial charge is 0.308 e. The molecule has 0 bridgehead atoms. The van der Waals surface area contributed by atoms with Gasteiger partial charge in [0.25, 0.3) is 0 Å². The minimum Gasteiger partial charge on any atom is -0.466 e. The minimum atomic E-state index is -0.145. The lowest BCUT2D eigenvalue weighted by Gasteiger charge is -2.13. The number of esters is 1. The van der Waals surface area contributed by atoms with Gasteiger partial charge in [-0.05, 0) is 26.7 Å². The zero-order valence-corrected chi connectivity index (χ0v) is 13.2. The van der Waals surface area contributed by atoms with Crippen LogP contribution in [0.4, 0.5) is 0 Å². The van der Waals surface area contributed by atoms with E-state index in [1.54, 1.807) is 13.3 Å². The van der Waals surface area contributed by atoms with Crippen molar-refractivity contribution in [1.29, 1.82) is 0 Å². The molecule has 114 valence electrons. The maximum Gasteiger partial charge on any atom is 0.308 e. The lowest BCUT2D eigenvalue weighted by Crippen LogP contribution is -2.19. The van der Waals surface area contributed by atoms with Gasteiger partial charge in [-0.25, -0.2) is 15.0 Å². The first-order valence-electron chi connectivity index (χ1n) is 7.08. The number of rotatable bonds is 6. The molecule has 0 saturated heterocycles. The number of ether oxygens (including phenoxy) is 1. The van der Waals surface area contributed by atoms with Gasteiger partial charge < -0.3 is 9.30 Å². The van der Waals surface area contributed by atoms with Gasteiger partial charge in [-0.15, -0.1) is 0 Å². The van der Waals surface area contributed by atoms with Crippen LogP contribution < -0.4 is 0 Å². The van der Waals surface area contributed by atoms with Gasteiger partial charge >= 0.3 is 5.97 Å². The van der Waals surface area contributed by atoms with E-state index in [0.717, 1.165) is 6.42 Å². The average molecular weight is 311 g/mol. The molecule has 1 atom stereocenters. The molecular formula is C14H19ClN4O2. The van der Waals surface area contributed by atoms with Crippen LogP contribution in [0, 0.1) is 12.8 Å². The van der Waals surface area contributed by atoms with Crippen LogP contribution in [0.5, 0.6) is 0 Å². The van der Waals surface area contributed by atoms with Crippen LogP contribution in [-0.4, -0.2) is 32.1 Å². The summed E-state index contributed by atoms with van der Waals surface area (Å²) in [5, 5.41) is 0.355. The van der Waals surface area contributed by atoms with Gasteiger partial charge in [0.1, 0.15) is 11.3 Å². The molecule has 0 aliphatic rings. The summed E-state index contributed by atoms with van der Waals surface area (Å²) in [4.78, 5) is 24.5. The molecule has 0 spiro atoms. The summed E-state index contributed by atoms with van der Waals surface area (Å²) in [6.45, 7) is 6.63. The fourth-order valence-electron chi connectivity index (χ4n) is 2.22. The van der Waals surface area contributed by atoms with Crippen LogP contribution in [0.25, 0.3) is 11.2 Å². The Kier molecular flexibility index (Phi) is 5.12. The molecule has 1 unspecified atom stereocenters. The zero-order valence-electron chi connectivity index (χ0n) is 12.5. The van der Waals surface area contributed by atoms with Crippen molar-refractivity contribution in [3.8, 4) is 0 Å². The van der Waals surface area contributed by atoms with Gasteiger partial charge in [-0.2, -0.15) is 0 Å². The number of halogens is 1. The first kappa shape index (κ1) is 15.7. The second kappa shape index (κ2) is 6.85. The van der Waals surface area contributed by atoms with Crippen molar-refractivity contribution in [3.63, 3.8) is 0 Å². The first-order valence-corrected chi connectivity index (χ1v) is 7.46. The van der Waals surface area contributed by atoms with Crippen molar-refractivity contribution in [1.82, 2.24) is 19.5 Å². The lowest BCUT2D eigenvalue weighted by molar-refractivity contribution is -0.148. The van der Waals surface area contributed by atoms with Crippen molar-refractivity contribution >= 4 is 28.7 Å². The van der Waals surface area contributed by atoms with Crippen LogP contribution in [0.1, 0.15) is 32.5 Å². The summed E-state index contributed by atoms with van der Waals surface area (Å²) in [6, 6.07) is 0. The van der Waals surface area contributed by atoms with Crippen molar-refractivity contribution in [2.75, 3.05) is 6.61 Å². The van der Waals surface area contributed by atoms with Crippen LogP contribution in [-0.2, 0) is 16.1 Å². The number of fused-ring (bicyclic) bond motifs is 1. The van der Waals surface area contributed by atoms with E-state index in [1.807, 2.05) is 18.4 Å². The molecule has 0 saturated carbocycles. The Balaban J connectivity index is 2.15. The Bertz CT molecular complexity index is 641. The molecular weight excluding hydrogens is 292 g/mol. The van der Waals surface area contributed by atoms with Gasteiger partial charge in [0.2, 0.25) is 0 Å². The minimum absolute atomic E-state index is 0.110. The molecule has 2 heterocycles. The summed E-state index contributed by atoms with van der Waals surface area (Å²) in [6.07, 6.45) is 3.12. The van der Waals surface area contributed by atoms with Crippen LogP contribution in [0.15, 0.2) is 6.33 Å². The highest BCUT2D eigenvalue weighted by Gasteiger charge is 2.18. The highest BCUT2D eigenvalue weighted by atomic mass is 35.5. The van der Waals surface area contributed by atoms with E-state index in [-0.39, 0.29) is 11.9 Å². The Labute approximate surface area is 128 Å². The van der Waals surface area contributed by atoms with E-state index in [1.165, 1.54) is 0 Å². The maximum absolute atomic E-state index is 11.8. The second-order valence-electron chi connectivity index (χ2n) is 4.82. The van der Waals surface area contributed by atoms with Crippen molar-refractivity contribution < 1.29 is 9.53 Å². The summed E-state index contributed by atoms with van der Waals surface area (Å²) in [7, 11) is 0. The molecule has 0 aliphatic carbocycles. The highest BCUT2D eigenvalue weighted by molar-refractivity contribution is 6.33. The molecule has 0 amide bonds. The second-order valence-corrected chi connectivity index (χ2v) is 5.18. The molecule has 2 aromatic rings. The fourth-order valence-corrected chi connectivity index (χ4v) is 2.47. The molecule has 7 heteroatoms. The van der Waals surface area contributed by atoms with Crippen LogP contribution in [0.2, 0.25) is 5.15 Å². The summed E-state index contributed by atoms with van der Waals surface area (Å²) < 4.78 is 6.98. The maximum atomic E-state index is 11.8. The number of aromatic nitrogens is 4. The van der Waals surface area contributed by atoms with Gasteiger partial charge in [-0.3, -0.25) is 4.79 Å². The predicted molar refractivity (Wildman–Crippen MR) is 80.1 cm³/mol. The average Bonchev–Trinajstić information content (AvgIpc) is 2.83. The van der Waals surface area contributed by atoms with Gasteiger partial charge in [0.05, 0.1) is 18.9 Å². The molecule has 0 radical (unpaired) electrons. The van der Waals surface area contributed by atoms with Crippen LogP contribution in [0.3, 0.4) is 0 Å². The number of imidazole rings is 1. The van der Waals surface area contributed by atoms with E-state index in [2.05, 4.69) is 15.0 Å². The Morgan fingerprint density at radius 1 is 1.43 bits per heavy atom. The molecule has 21 heavy (non-hydrogen) atoms. The normalized spacial score (nSPS) is 12.6. The number of nitrogens with zero attached hydrogens (tertiary/aromatic N) is 4. The van der Waals surface area contributed by atoms with Crippen molar-refractivity contribution in [2.24, 2.45) is 5.92 Å². The molecule has 0 fully saturated rings. The number of hydrogen-bond donors (Lipinski definition) is 0. The third-order valence-electron chi connectivity index (χ3n) is 3.36. The van der Waals surface area contributed by atoms with Gasteiger partial charge in [0.15, 0.2) is 10.8 Å². The first-order chi connectivity index (χ1) is 10.1. The fraction of sp³-hybridized carbons (Fsp3) is 0.571. The van der Waals surface area contributed by atoms with Crippen molar-refractivity contribution in [2.45, 2.75) is 40.2 Å². The molecule has 0 aliphatic heterocycles. The quantitative estimate of drug-likeness (QED) is 0.606. The molecule has 6 nitrogen and oxygen atoms in total. The SMILES string of the molecule is CCOC(=O)C(CC)CCn1cnc2c(Cl)nc(C)nc21. The summed E-state index contributed by atoms with van der Waals surface area (Å²) in [5.74, 6) is 0.348. The molecule has 0 N–H and O–H groups in total. The Hall–Kier alpha value is -1.69. The van der Waals surface area contributed by atoms with E-state index >= 15 is 0 Å². The van der Waals surface area contributed by atoms with Gasteiger partial charge in [0, 0.05) is 6.54 Å². The number of hydrogen-bond acceptors (Lipinski definition) is 5. The number of carbonyl (C=O) groups is 1. The monoisotopic (exact) mass is 310 g/mol. The molecule has 2 aromatic heterocycles. The number of aryl methyl sites for hydroxylation is 2. The zero-order chi connectivity index (χ0) is 15.4. The van der Waals surface area contributed by atoms with Crippen molar-refractivity contribution in [3.05, 3.63) is 17.3 Å².